The van der Waals surface area contributed by atoms with Gasteiger partial charge < -0.3 is 14.8 Å². The molecule has 2 aromatic heterocycles. The van der Waals surface area contributed by atoms with Crippen LogP contribution < -0.4 is 10.8 Å². The molecule has 0 unspecified atom stereocenters. The van der Waals surface area contributed by atoms with Crippen LogP contribution in [0.2, 0.25) is 0 Å². The van der Waals surface area contributed by atoms with Crippen molar-refractivity contribution in [3.63, 3.8) is 0 Å². The molecule has 1 aliphatic rings. The van der Waals surface area contributed by atoms with Gasteiger partial charge in [0, 0.05) is 6.20 Å². The molecule has 8 heteroatoms. The number of carbonyl (C=O) groups excluding carboxylic acids is 1. The summed E-state index contributed by atoms with van der Waals surface area (Å²) in [5.41, 5.74) is 4.87. The molecule has 3 N–H and O–H groups in total. The Bertz CT molecular complexity index is 1010. The number of imidazole rings is 1. The molecular formula is C20H21FN4O3. The molecular weight excluding hydrogens is 363 g/mol. The first-order valence-electron chi connectivity index (χ1n) is 9.14. The number of carbonyl (C=O) groups is 1. The fourth-order valence-electron chi connectivity index (χ4n) is 3.03. The lowest BCUT2D eigenvalue weighted by Gasteiger charge is -2.15. The summed E-state index contributed by atoms with van der Waals surface area (Å²) in [5, 5.41) is 12.3. The zero-order valence-corrected chi connectivity index (χ0v) is 15.4. The fraction of sp³-hybridized carbons (Fsp3) is 0.300. The molecule has 7 nitrogen and oxygen atoms in total. The average molecular weight is 384 g/mol. The summed E-state index contributed by atoms with van der Waals surface area (Å²) < 4.78 is 16.4. The first-order valence-corrected chi connectivity index (χ1v) is 9.14. The van der Waals surface area contributed by atoms with E-state index in [0.717, 1.165) is 18.4 Å². The number of rotatable bonds is 7. The Labute approximate surface area is 161 Å². The van der Waals surface area contributed by atoms with E-state index in [4.69, 9.17) is 4.84 Å². The molecule has 1 aliphatic carbocycles. The van der Waals surface area contributed by atoms with E-state index in [1.807, 2.05) is 6.07 Å². The molecule has 4 rings (SSSR count). The SMILES string of the molecule is C[C@H](O)CONC(=O)c1ccn2cncc2c1Nc1ccc(C2CC2)cc1F. The van der Waals surface area contributed by atoms with Crippen molar-refractivity contribution in [3.05, 3.63) is 59.9 Å². The molecule has 1 atom stereocenters. The molecule has 146 valence electrons. The van der Waals surface area contributed by atoms with Crippen molar-refractivity contribution in [1.29, 1.82) is 0 Å². The van der Waals surface area contributed by atoms with E-state index >= 15 is 0 Å². The molecule has 1 fully saturated rings. The summed E-state index contributed by atoms with van der Waals surface area (Å²) in [6, 6.07) is 6.73. The van der Waals surface area contributed by atoms with Crippen LogP contribution >= 0.6 is 0 Å². The predicted molar refractivity (Wildman–Crippen MR) is 102 cm³/mol. The number of nitrogens with zero attached hydrogens (tertiary/aromatic N) is 2. The topological polar surface area (TPSA) is 87.9 Å². The Balaban J connectivity index is 1.64. The van der Waals surface area contributed by atoms with Crippen LogP contribution in [0.3, 0.4) is 0 Å². The fourth-order valence-corrected chi connectivity index (χ4v) is 3.03. The van der Waals surface area contributed by atoms with E-state index in [9.17, 15) is 14.3 Å². The van der Waals surface area contributed by atoms with E-state index in [0.29, 0.717) is 17.1 Å². The number of pyridine rings is 1. The molecule has 0 saturated heterocycles. The van der Waals surface area contributed by atoms with Crippen LogP contribution in [-0.2, 0) is 4.84 Å². The molecule has 0 bridgehead atoms. The number of fused-ring (bicyclic) bond motifs is 1. The van der Waals surface area contributed by atoms with Gasteiger partial charge in [-0.15, -0.1) is 0 Å². The van der Waals surface area contributed by atoms with Crippen LogP contribution in [0.1, 0.15) is 41.6 Å². The molecule has 0 radical (unpaired) electrons. The Kier molecular flexibility index (Phi) is 4.97. The smallest absolute Gasteiger partial charge is 0.277 e. The third-order valence-corrected chi connectivity index (χ3v) is 4.63. The summed E-state index contributed by atoms with van der Waals surface area (Å²) >= 11 is 0. The van der Waals surface area contributed by atoms with Gasteiger partial charge in [0.1, 0.15) is 12.4 Å². The second-order valence-corrected chi connectivity index (χ2v) is 7.02. The second-order valence-electron chi connectivity index (χ2n) is 7.02. The van der Waals surface area contributed by atoms with Crippen LogP contribution in [0.4, 0.5) is 15.8 Å². The highest BCUT2D eigenvalue weighted by atomic mass is 19.1. The van der Waals surface area contributed by atoms with Crippen molar-refractivity contribution in [1.82, 2.24) is 14.9 Å². The highest BCUT2D eigenvalue weighted by molar-refractivity contribution is 6.03. The highest BCUT2D eigenvalue weighted by Crippen LogP contribution is 2.41. The first kappa shape index (κ1) is 18.4. The van der Waals surface area contributed by atoms with Gasteiger partial charge in [-0.3, -0.25) is 9.63 Å². The van der Waals surface area contributed by atoms with E-state index in [1.165, 1.54) is 0 Å². The monoisotopic (exact) mass is 384 g/mol. The number of aliphatic hydroxyl groups excluding tert-OH is 1. The van der Waals surface area contributed by atoms with Crippen LogP contribution in [0.15, 0.2) is 43.0 Å². The summed E-state index contributed by atoms with van der Waals surface area (Å²) in [4.78, 5) is 21.7. The Morgan fingerprint density at radius 2 is 2.25 bits per heavy atom. The predicted octanol–water partition coefficient (Wildman–Crippen LogP) is 3.14. The highest BCUT2D eigenvalue weighted by Gasteiger charge is 2.24. The third kappa shape index (κ3) is 3.83. The number of benzene rings is 1. The lowest BCUT2D eigenvalue weighted by Crippen LogP contribution is -2.28. The molecule has 1 aromatic carbocycles. The molecule has 28 heavy (non-hydrogen) atoms. The van der Waals surface area contributed by atoms with Gasteiger partial charge in [0.05, 0.1) is 41.1 Å². The van der Waals surface area contributed by atoms with E-state index in [-0.39, 0.29) is 23.7 Å². The molecule has 1 saturated carbocycles. The third-order valence-electron chi connectivity index (χ3n) is 4.63. The molecule has 0 aliphatic heterocycles. The van der Waals surface area contributed by atoms with Gasteiger partial charge in [-0.1, -0.05) is 6.07 Å². The number of hydrogen-bond donors (Lipinski definition) is 3. The second kappa shape index (κ2) is 7.57. The van der Waals surface area contributed by atoms with E-state index in [2.05, 4.69) is 15.8 Å². The van der Waals surface area contributed by atoms with E-state index in [1.54, 1.807) is 48.2 Å². The number of hydroxylamine groups is 1. The number of amides is 1. The first-order chi connectivity index (χ1) is 13.5. The van der Waals surface area contributed by atoms with Crippen LogP contribution in [0, 0.1) is 5.82 Å². The maximum atomic E-state index is 14.6. The van der Waals surface area contributed by atoms with Gasteiger partial charge in [0.2, 0.25) is 0 Å². The Morgan fingerprint density at radius 3 is 2.96 bits per heavy atom. The lowest BCUT2D eigenvalue weighted by atomic mass is 10.1. The summed E-state index contributed by atoms with van der Waals surface area (Å²) in [6.07, 6.45) is 6.35. The number of nitrogens with one attached hydrogen (secondary N) is 2. The van der Waals surface area contributed by atoms with Crippen LogP contribution in [0.25, 0.3) is 5.52 Å². The average Bonchev–Trinajstić information content (AvgIpc) is 3.40. The zero-order chi connectivity index (χ0) is 19.7. The van der Waals surface area contributed by atoms with Crippen molar-refractivity contribution in [2.75, 3.05) is 11.9 Å². The summed E-state index contributed by atoms with van der Waals surface area (Å²) in [5.74, 6) is -0.432. The van der Waals surface area contributed by atoms with Crippen LogP contribution in [-0.4, -0.2) is 33.1 Å². The minimum Gasteiger partial charge on any atom is -0.391 e. The quantitative estimate of drug-likeness (QED) is 0.545. The van der Waals surface area contributed by atoms with Crippen molar-refractivity contribution >= 4 is 22.8 Å². The summed E-state index contributed by atoms with van der Waals surface area (Å²) in [6.45, 7) is 1.51. The zero-order valence-electron chi connectivity index (χ0n) is 15.4. The van der Waals surface area contributed by atoms with Gasteiger partial charge in [0.15, 0.2) is 0 Å². The van der Waals surface area contributed by atoms with Gasteiger partial charge in [-0.25, -0.2) is 14.9 Å². The van der Waals surface area contributed by atoms with Crippen molar-refractivity contribution < 1.29 is 19.1 Å². The lowest BCUT2D eigenvalue weighted by molar-refractivity contribution is -0.00682. The Morgan fingerprint density at radius 1 is 1.43 bits per heavy atom. The van der Waals surface area contributed by atoms with Gasteiger partial charge in [-0.05, 0) is 49.4 Å². The number of hydrogen-bond acceptors (Lipinski definition) is 5. The van der Waals surface area contributed by atoms with Crippen LogP contribution in [0.5, 0.6) is 0 Å². The van der Waals surface area contributed by atoms with Crippen molar-refractivity contribution in [2.24, 2.45) is 0 Å². The number of anilines is 2. The van der Waals surface area contributed by atoms with E-state index < -0.39 is 12.0 Å². The molecule has 0 spiro atoms. The molecule has 3 aromatic rings. The number of aliphatic hydroxyl groups is 1. The maximum absolute atomic E-state index is 14.6. The number of halogens is 1. The van der Waals surface area contributed by atoms with Crippen molar-refractivity contribution in [2.45, 2.75) is 31.8 Å². The molecule has 1 amide bonds. The number of aromatic nitrogens is 2. The van der Waals surface area contributed by atoms with Gasteiger partial charge in [0.25, 0.3) is 5.91 Å². The normalized spacial score (nSPS) is 14.8. The largest absolute Gasteiger partial charge is 0.391 e. The van der Waals surface area contributed by atoms with Gasteiger partial charge >= 0.3 is 0 Å². The summed E-state index contributed by atoms with van der Waals surface area (Å²) in [7, 11) is 0. The maximum Gasteiger partial charge on any atom is 0.277 e. The Hall–Kier alpha value is -2.97. The van der Waals surface area contributed by atoms with Crippen molar-refractivity contribution in [3.8, 4) is 0 Å². The molecule has 2 heterocycles. The minimum absolute atomic E-state index is 0.0410. The van der Waals surface area contributed by atoms with Gasteiger partial charge in [-0.2, -0.15) is 0 Å². The standard InChI is InChI=1S/C20H21FN4O3/c1-12(26)10-28-24-20(27)15-6-7-25-11-22-9-18(25)19(15)23-17-5-4-14(8-16(17)21)13-2-3-13/h4-9,11-13,23,26H,2-3,10H2,1H3,(H,24,27)/t12-/m0/s1. The minimum atomic E-state index is -0.714.